The van der Waals surface area contributed by atoms with Crippen molar-refractivity contribution in [1.82, 2.24) is 15.2 Å². The molecular formula is C16H24N4O. The topological polar surface area (TPSA) is 48.5 Å². The van der Waals surface area contributed by atoms with E-state index in [0.29, 0.717) is 5.92 Å². The second-order valence-electron chi connectivity index (χ2n) is 6.14. The molecule has 2 atom stereocenters. The van der Waals surface area contributed by atoms with Gasteiger partial charge in [0.2, 0.25) is 5.91 Å². The molecular weight excluding hydrogens is 264 g/mol. The van der Waals surface area contributed by atoms with Gasteiger partial charge in [0, 0.05) is 32.4 Å². The summed E-state index contributed by atoms with van der Waals surface area (Å²) in [4.78, 5) is 21.2. The summed E-state index contributed by atoms with van der Waals surface area (Å²) in [5, 5.41) is 3.37. The second-order valence-corrected chi connectivity index (χ2v) is 6.14. The van der Waals surface area contributed by atoms with E-state index in [4.69, 9.17) is 0 Å². The Balaban J connectivity index is 1.54. The van der Waals surface area contributed by atoms with Crippen molar-refractivity contribution in [3.05, 3.63) is 24.4 Å². The van der Waals surface area contributed by atoms with Crippen LogP contribution in [0.2, 0.25) is 0 Å². The van der Waals surface area contributed by atoms with Gasteiger partial charge in [-0.3, -0.25) is 4.79 Å². The van der Waals surface area contributed by atoms with E-state index >= 15 is 0 Å². The van der Waals surface area contributed by atoms with Gasteiger partial charge in [0.05, 0.1) is 6.04 Å². The third-order valence-electron chi connectivity index (χ3n) is 4.53. The first kappa shape index (κ1) is 14.3. The minimum absolute atomic E-state index is 0.0233. The van der Waals surface area contributed by atoms with Crippen LogP contribution in [0.5, 0.6) is 0 Å². The Bertz CT molecular complexity index is 470. The molecule has 1 aromatic heterocycles. The number of carbonyl (C=O) groups excluding carboxylic acids is 1. The number of nitrogens with zero attached hydrogens (tertiary/aromatic N) is 3. The first-order chi connectivity index (χ1) is 10.2. The molecule has 1 N–H and O–H groups in total. The van der Waals surface area contributed by atoms with Gasteiger partial charge in [0.25, 0.3) is 0 Å². The maximum absolute atomic E-state index is 12.6. The number of hydrogen-bond donors (Lipinski definition) is 1. The highest BCUT2D eigenvalue weighted by atomic mass is 16.2. The molecule has 21 heavy (non-hydrogen) atoms. The van der Waals surface area contributed by atoms with Crippen LogP contribution in [0.15, 0.2) is 24.4 Å². The molecule has 2 unspecified atom stereocenters. The van der Waals surface area contributed by atoms with E-state index in [2.05, 4.69) is 22.1 Å². The van der Waals surface area contributed by atoms with E-state index in [1.54, 1.807) is 0 Å². The van der Waals surface area contributed by atoms with Crippen molar-refractivity contribution < 1.29 is 4.79 Å². The fourth-order valence-corrected chi connectivity index (χ4v) is 3.21. The van der Waals surface area contributed by atoms with E-state index in [1.165, 1.54) is 6.42 Å². The van der Waals surface area contributed by atoms with Crippen LogP contribution in [0.1, 0.15) is 19.8 Å². The zero-order chi connectivity index (χ0) is 14.7. The average molecular weight is 288 g/mol. The van der Waals surface area contributed by atoms with Gasteiger partial charge in [0.15, 0.2) is 0 Å². The largest absolute Gasteiger partial charge is 0.353 e. The molecule has 2 aliphatic heterocycles. The van der Waals surface area contributed by atoms with Crippen molar-refractivity contribution >= 4 is 11.7 Å². The fourth-order valence-electron chi connectivity index (χ4n) is 3.21. The SMILES string of the molecule is CC1CCNC(C(=O)N2CCN(c3ccccn3)CC2)C1. The molecule has 0 aliphatic carbocycles. The minimum atomic E-state index is 0.0233. The predicted octanol–water partition coefficient (Wildman–Crippen LogP) is 1.12. The maximum atomic E-state index is 12.6. The Morgan fingerprint density at radius 1 is 1.29 bits per heavy atom. The summed E-state index contributed by atoms with van der Waals surface area (Å²) < 4.78 is 0. The average Bonchev–Trinajstić information content (AvgIpc) is 2.55. The van der Waals surface area contributed by atoms with Crippen molar-refractivity contribution in [2.24, 2.45) is 5.92 Å². The summed E-state index contributed by atoms with van der Waals surface area (Å²) in [6.07, 6.45) is 3.97. The number of nitrogens with one attached hydrogen (secondary N) is 1. The summed E-state index contributed by atoms with van der Waals surface area (Å²) in [6.45, 7) is 6.52. The molecule has 0 aromatic carbocycles. The van der Waals surface area contributed by atoms with Crippen LogP contribution < -0.4 is 10.2 Å². The van der Waals surface area contributed by atoms with Crippen LogP contribution in [-0.2, 0) is 4.79 Å². The van der Waals surface area contributed by atoms with Gasteiger partial charge in [-0.15, -0.1) is 0 Å². The molecule has 2 aliphatic rings. The molecule has 1 amide bonds. The van der Waals surface area contributed by atoms with Crippen molar-refractivity contribution in [3.8, 4) is 0 Å². The number of hydrogen-bond acceptors (Lipinski definition) is 4. The van der Waals surface area contributed by atoms with Crippen molar-refractivity contribution in [2.45, 2.75) is 25.8 Å². The number of piperidine rings is 1. The smallest absolute Gasteiger partial charge is 0.239 e. The Kier molecular flexibility index (Phi) is 4.39. The number of rotatable bonds is 2. The Hall–Kier alpha value is -1.62. The van der Waals surface area contributed by atoms with Crippen LogP contribution in [0, 0.1) is 5.92 Å². The van der Waals surface area contributed by atoms with Crippen molar-refractivity contribution in [2.75, 3.05) is 37.6 Å². The lowest BCUT2D eigenvalue weighted by atomic mass is 9.93. The Morgan fingerprint density at radius 3 is 2.76 bits per heavy atom. The highest BCUT2D eigenvalue weighted by Gasteiger charge is 2.30. The number of pyridine rings is 1. The predicted molar refractivity (Wildman–Crippen MR) is 83.2 cm³/mol. The number of piperazine rings is 1. The standard InChI is InChI=1S/C16H24N4O/c1-13-5-7-17-14(12-13)16(21)20-10-8-19(9-11-20)15-4-2-3-6-18-15/h2-4,6,13-14,17H,5,7-12H2,1H3. The van der Waals surface area contributed by atoms with Gasteiger partial charge in [-0.25, -0.2) is 4.98 Å². The van der Waals surface area contributed by atoms with Gasteiger partial charge in [-0.2, -0.15) is 0 Å². The fraction of sp³-hybridized carbons (Fsp3) is 0.625. The van der Waals surface area contributed by atoms with E-state index < -0.39 is 0 Å². The number of aromatic nitrogens is 1. The Morgan fingerprint density at radius 2 is 2.10 bits per heavy atom. The molecule has 114 valence electrons. The summed E-state index contributed by atoms with van der Waals surface area (Å²) in [5.74, 6) is 1.94. The van der Waals surface area contributed by atoms with Gasteiger partial charge in [-0.05, 0) is 37.4 Å². The molecule has 1 aromatic rings. The number of carbonyl (C=O) groups is 1. The van der Waals surface area contributed by atoms with Crippen LogP contribution in [0.25, 0.3) is 0 Å². The van der Waals surface area contributed by atoms with Crippen LogP contribution >= 0.6 is 0 Å². The van der Waals surface area contributed by atoms with Gasteiger partial charge in [0.1, 0.15) is 5.82 Å². The quantitative estimate of drug-likeness (QED) is 0.886. The minimum Gasteiger partial charge on any atom is -0.353 e. The van der Waals surface area contributed by atoms with Crippen LogP contribution in [-0.4, -0.2) is 54.6 Å². The van der Waals surface area contributed by atoms with Gasteiger partial charge >= 0.3 is 0 Å². The summed E-state index contributed by atoms with van der Waals surface area (Å²) in [7, 11) is 0. The third kappa shape index (κ3) is 3.35. The first-order valence-corrected chi connectivity index (χ1v) is 7.92. The molecule has 3 heterocycles. The van der Waals surface area contributed by atoms with E-state index in [0.717, 1.165) is 45.0 Å². The molecule has 3 rings (SSSR count). The lowest BCUT2D eigenvalue weighted by Gasteiger charge is -2.38. The molecule has 0 bridgehead atoms. The zero-order valence-electron chi connectivity index (χ0n) is 12.7. The van der Waals surface area contributed by atoms with Crippen molar-refractivity contribution in [1.29, 1.82) is 0 Å². The molecule has 5 nitrogen and oxygen atoms in total. The molecule has 0 saturated carbocycles. The normalized spacial score (nSPS) is 26.7. The lowest BCUT2D eigenvalue weighted by molar-refractivity contribution is -0.134. The molecule has 0 radical (unpaired) electrons. The number of amides is 1. The van der Waals surface area contributed by atoms with Crippen molar-refractivity contribution in [3.63, 3.8) is 0 Å². The van der Waals surface area contributed by atoms with Crippen LogP contribution in [0.4, 0.5) is 5.82 Å². The molecule has 2 saturated heterocycles. The first-order valence-electron chi connectivity index (χ1n) is 7.92. The molecule has 2 fully saturated rings. The maximum Gasteiger partial charge on any atom is 0.239 e. The summed E-state index contributed by atoms with van der Waals surface area (Å²) in [6, 6.07) is 5.99. The van der Waals surface area contributed by atoms with E-state index in [1.807, 2.05) is 29.3 Å². The van der Waals surface area contributed by atoms with Gasteiger partial charge in [-0.1, -0.05) is 13.0 Å². The van der Waals surface area contributed by atoms with E-state index in [-0.39, 0.29) is 11.9 Å². The second kappa shape index (κ2) is 6.43. The summed E-state index contributed by atoms with van der Waals surface area (Å²) >= 11 is 0. The van der Waals surface area contributed by atoms with Gasteiger partial charge < -0.3 is 15.1 Å². The lowest BCUT2D eigenvalue weighted by Crippen LogP contribution is -2.55. The van der Waals surface area contributed by atoms with Crippen LogP contribution in [0.3, 0.4) is 0 Å². The zero-order valence-corrected chi connectivity index (χ0v) is 12.7. The third-order valence-corrected chi connectivity index (χ3v) is 4.53. The highest BCUT2D eigenvalue weighted by molar-refractivity contribution is 5.82. The summed E-state index contributed by atoms with van der Waals surface area (Å²) in [5.41, 5.74) is 0. The monoisotopic (exact) mass is 288 g/mol. The highest BCUT2D eigenvalue weighted by Crippen LogP contribution is 2.18. The Labute approximate surface area is 126 Å². The molecule has 5 heteroatoms. The van der Waals surface area contributed by atoms with E-state index in [9.17, 15) is 4.79 Å². The molecule has 0 spiro atoms. The number of anilines is 1.